The molecule has 7 nitrogen and oxygen atoms in total. The zero-order valence-electron chi connectivity index (χ0n) is 15.2. The molecule has 3 amide bonds. The van der Waals surface area contributed by atoms with Crippen molar-refractivity contribution < 1.29 is 19.2 Å². The molecule has 1 fully saturated rings. The van der Waals surface area contributed by atoms with Crippen LogP contribution >= 0.6 is 0 Å². The molecule has 3 rings (SSSR count). The van der Waals surface area contributed by atoms with Crippen molar-refractivity contribution >= 4 is 23.5 Å². The summed E-state index contributed by atoms with van der Waals surface area (Å²) in [6, 6.07) is 14.2. The van der Waals surface area contributed by atoms with Gasteiger partial charge in [0.1, 0.15) is 12.1 Å². The topological polar surface area (TPSA) is 118 Å². The number of carbonyl (C=O) groups is 4. The fourth-order valence-corrected chi connectivity index (χ4v) is 3.09. The van der Waals surface area contributed by atoms with Gasteiger partial charge in [-0.15, -0.1) is 0 Å². The molecule has 0 aliphatic carbocycles. The van der Waals surface area contributed by atoms with Gasteiger partial charge in [0.2, 0.25) is 17.7 Å². The molecule has 0 unspecified atom stereocenters. The highest BCUT2D eigenvalue weighted by molar-refractivity contribution is 6.08. The number of hydrogen-bond acceptors (Lipinski definition) is 4. The van der Waals surface area contributed by atoms with Gasteiger partial charge in [0, 0.05) is 24.0 Å². The van der Waals surface area contributed by atoms with Crippen LogP contribution in [-0.4, -0.2) is 35.6 Å². The third-order valence-corrected chi connectivity index (χ3v) is 4.66. The van der Waals surface area contributed by atoms with E-state index in [-0.39, 0.29) is 24.5 Å². The lowest BCUT2D eigenvalue weighted by Gasteiger charge is -2.18. The third kappa shape index (κ3) is 4.62. The highest BCUT2D eigenvalue weighted by atomic mass is 16.2. The molecule has 1 aliphatic heterocycles. The first-order valence-corrected chi connectivity index (χ1v) is 9.02. The molecule has 144 valence electrons. The quantitative estimate of drug-likeness (QED) is 0.614. The van der Waals surface area contributed by atoms with Crippen molar-refractivity contribution in [1.29, 1.82) is 0 Å². The Morgan fingerprint density at radius 1 is 1.04 bits per heavy atom. The first-order valence-electron chi connectivity index (χ1n) is 9.02. The number of ketones is 1. The Hall–Kier alpha value is -3.48. The second kappa shape index (κ2) is 8.47. The average molecular weight is 379 g/mol. The van der Waals surface area contributed by atoms with E-state index in [0.717, 1.165) is 5.56 Å². The number of amides is 3. The summed E-state index contributed by atoms with van der Waals surface area (Å²) in [5.74, 6) is -1.37. The van der Waals surface area contributed by atoms with Crippen LogP contribution in [0.3, 0.4) is 0 Å². The summed E-state index contributed by atoms with van der Waals surface area (Å²) in [4.78, 5) is 47.7. The van der Waals surface area contributed by atoms with Gasteiger partial charge in [-0.05, 0) is 12.0 Å². The van der Waals surface area contributed by atoms with Crippen molar-refractivity contribution in [2.24, 2.45) is 5.73 Å². The van der Waals surface area contributed by atoms with Crippen molar-refractivity contribution in [1.82, 2.24) is 10.6 Å². The van der Waals surface area contributed by atoms with Gasteiger partial charge in [0.05, 0.1) is 0 Å². The van der Waals surface area contributed by atoms with E-state index in [1.807, 2.05) is 6.07 Å². The Morgan fingerprint density at radius 3 is 2.25 bits per heavy atom. The molecule has 0 radical (unpaired) electrons. The number of rotatable bonds is 7. The van der Waals surface area contributed by atoms with Gasteiger partial charge >= 0.3 is 0 Å². The van der Waals surface area contributed by atoms with Gasteiger partial charge in [0.15, 0.2) is 5.78 Å². The molecule has 2 atom stereocenters. The number of nitrogens with two attached hydrogens (primary N) is 1. The fourth-order valence-electron chi connectivity index (χ4n) is 3.09. The zero-order chi connectivity index (χ0) is 20.1. The molecule has 1 aliphatic rings. The van der Waals surface area contributed by atoms with Crippen molar-refractivity contribution in [2.75, 3.05) is 0 Å². The van der Waals surface area contributed by atoms with Gasteiger partial charge in [-0.1, -0.05) is 54.6 Å². The Balaban J connectivity index is 1.65. The van der Waals surface area contributed by atoms with Gasteiger partial charge < -0.3 is 16.4 Å². The van der Waals surface area contributed by atoms with Crippen LogP contribution in [0.5, 0.6) is 0 Å². The molecule has 0 saturated carbocycles. The maximum Gasteiger partial charge on any atom is 0.243 e. The molecule has 0 spiro atoms. The summed E-state index contributed by atoms with van der Waals surface area (Å²) in [7, 11) is 0. The molecule has 28 heavy (non-hydrogen) atoms. The Labute approximate surface area is 162 Å². The molecule has 1 saturated heterocycles. The highest BCUT2D eigenvalue weighted by Crippen LogP contribution is 2.13. The SMILES string of the molecule is NC(=O)[C@H](Cc1ccc(C(=O)c2ccccc2)cc1)NC(=O)[C@H]1CCC(=O)N1. The number of hydrogen-bond donors (Lipinski definition) is 3. The summed E-state index contributed by atoms with van der Waals surface area (Å²) in [6.45, 7) is 0. The van der Waals surface area contributed by atoms with Crippen LogP contribution in [0.15, 0.2) is 54.6 Å². The monoisotopic (exact) mass is 379 g/mol. The van der Waals surface area contributed by atoms with Crippen molar-refractivity contribution in [3.8, 4) is 0 Å². The number of primary amides is 1. The van der Waals surface area contributed by atoms with Crippen LogP contribution in [0, 0.1) is 0 Å². The van der Waals surface area contributed by atoms with Gasteiger partial charge in [-0.25, -0.2) is 0 Å². The summed E-state index contributed by atoms with van der Waals surface area (Å²) >= 11 is 0. The van der Waals surface area contributed by atoms with Crippen LogP contribution in [-0.2, 0) is 20.8 Å². The van der Waals surface area contributed by atoms with E-state index >= 15 is 0 Å². The maximum absolute atomic E-state index is 12.4. The van der Waals surface area contributed by atoms with Crippen molar-refractivity contribution in [3.63, 3.8) is 0 Å². The van der Waals surface area contributed by atoms with E-state index in [0.29, 0.717) is 17.5 Å². The largest absolute Gasteiger partial charge is 0.368 e. The Kier molecular flexibility index (Phi) is 5.84. The third-order valence-electron chi connectivity index (χ3n) is 4.66. The number of benzene rings is 2. The predicted octanol–water partition coefficient (Wildman–Crippen LogP) is 0.709. The molecule has 2 aromatic carbocycles. The predicted molar refractivity (Wildman–Crippen MR) is 102 cm³/mol. The van der Waals surface area contributed by atoms with E-state index in [1.165, 1.54) is 0 Å². The first kappa shape index (κ1) is 19.3. The summed E-state index contributed by atoms with van der Waals surface area (Å²) < 4.78 is 0. The van der Waals surface area contributed by atoms with E-state index in [1.54, 1.807) is 48.5 Å². The Morgan fingerprint density at radius 2 is 1.68 bits per heavy atom. The van der Waals surface area contributed by atoms with Gasteiger partial charge in [-0.2, -0.15) is 0 Å². The summed E-state index contributed by atoms with van der Waals surface area (Å²) in [5.41, 5.74) is 7.30. The van der Waals surface area contributed by atoms with Gasteiger partial charge in [-0.3, -0.25) is 19.2 Å². The minimum absolute atomic E-state index is 0.0936. The van der Waals surface area contributed by atoms with Crippen LogP contribution in [0.4, 0.5) is 0 Å². The summed E-state index contributed by atoms with van der Waals surface area (Å²) in [5, 5.41) is 5.15. The molecule has 0 bridgehead atoms. The average Bonchev–Trinajstić information content (AvgIpc) is 3.14. The van der Waals surface area contributed by atoms with E-state index < -0.39 is 23.9 Å². The summed E-state index contributed by atoms with van der Waals surface area (Å²) in [6.07, 6.45) is 0.879. The van der Waals surface area contributed by atoms with Crippen LogP contribution in [0.25, 0.3) is 0 Å². The minimum Gasteiger partial charge on any atom is -0.368 e. The van der Waals surface area contributed by atoms with Crippen LogP contribution < -0.4 is 16.4 Å². The fraction of sp³-hybridized carbons (Fsp3) is 0.238. The van der Waals surface area contributed by atoms with E-state index in [4.69, 9.17) is 5.73 Å². The lowest BCUT2D eigenvalue weighted by molar-refractivity contribution is -0.129. The molecular formula is C21H21N3O4. The number of nitrogens with one attached hydrogen (secondary N) is 2. The maximum atomic E-state index is 12.4. The second-order valence-corrected chi connectivity index (χ2v) is 6.72. The smallest absolute Gasteiger partial charge is 0.243 e. The van der Waals surface area contributed by atoms with E-state index in [2.05, 4.69) is 10.6 Å². The first-order chi connectivity index (χ1) is 13.4. The van der Waals surface area contributed by atoms with Gasteiger partial charge in [0.25, 0.3) is 0 Å². The highest BCUT2D eigenvalue weighted by Gasteiger charge is 2.29. The molecule has 2 aromatic rings. The van der Waals surface area contributed by atoms with Crippen LogP contribution in [0.1, 0.15) is 34.3 Å². The lowest BCUT2D eigenvalue weighted by atomic mass is 9.99. The molecule has 7 heteroatoms. The standard InChI is InChI=1S/C21H21N3O4/c22-20(27)17(24-21(28)16-10-11-18(25)23-16)12-13-6-8-15(9-7-13)19(26)14-4-2-1-3-5-14/h1-9,16-17H,10-12H2,(H2,22,27)(H,23,25)(H,24,28)/t16-,17+/m1/s1. The Bertz CT molecular complexity index is 894. The number of carbonyl (C=O) groups excluding carboxylic acids is 4. The van der Waals surface area contributed by atoms with E-state index in [9.17, 15) is 19.2 Å². The lowest BCUT2D eigenvalue weighted by Crippen LogP contribution is -2.51. The van der Waals surface area contributed by atoms with Crippen molar-refractivity contribution in [3.05, 3.63) is 71.3 Å². The second-order valence-electron chi connectivity index (χ2n) is 6.72. The molecular weight excluding hydrogens is 358 g/mol. The normalized spacial score (nSPS) is 16.9. The molecule has 0 aromatic heterocycles. The molecule has 4 N–H and O–H groups in total. The van der Waals surface area contributed by atoms with Crippen LogP contribution in [0.2, 0.25) is 0 Å². The molecule has 1 heterocycles. The minimum atomic E-state index is -0.902. The van der Waals surface area contributed by atoms with Crippen molar-refractivity contribution in [2.45, 2.75) is 31.3 Å². The zero-order valence-corrected chi connectivity index (χ0v) is 15.2.